The van der Waals surface area contributed by atoms with Gasteiger partial charge in [0.05, 0.1) is 6.61 Å². The van der Waals surface area contributed by atoms with Gasteiger partial charge in [-0.2, -0.15) is 0 Å². The third kappa shape index (κ3) is 2.99. The van der Waals surface area contributed by atoms with E-state index >= 15 is 0 Å². The van der Waals surface area contributed by atoms with Gasteiger partial charge in [-0.3, -0.25) is 4.79 Å². The lowest BCUT2D eigenvalue weighted by Crippen LogP contribution is -2.21. The molecule has 0 aliphatic heterocycles. The number of carbonyl (C=O) groups excluding carboxylic acids is 1. The van der Waals surface area contributed by atoms with Gasteiger partial charge in [-0.1, -0.05) is 23.7 Å². The summed E-state index contributed by atoms with van der Waals surface area (Å²) in [6, 6.07) is 7.10. The molecule has 0 fully saturated rings. The largest absolute Gasteiger partial charge is 0.465 e. The highest BCUT2D eigenvalue weighted by Crippen LogP contribution is 2.26. The number of hydrogen-bond acceptors (Lipinski definition) is 4. The van der Waals surface area contributed by atoms with E-state index in [2.05, 4.69) is 10.2 Å². The number of aryl methyl sites for hydroxylation is 1. The number of esters is 1. The summed E-state index contributed by atoms with van der Waals surface area (Å²) in [6.45, 7) is 4.76. The van der Waals surface area contributed by atoms with E-state index in [1.807, 2.05) is 11.5 Å². The van der Waals surface area contributed by atoms with Crippen LogP contribution in [0.2, 0.25) is 5.02 Å². The summed E-state index contributed by atoms with van der Waals surface area (Å²) in [5.41, 5.74) is 0.788. The Labute approximate surface area is 122 Å². The minimum Gasteiger partial charge on any atom is -0.465 e. The predicted octanol–water partition coefficient (Wildman–Crippen LogP) is 2.65. The molecular weight excluding hydrogens is 278 g/mol. The van der Waals surface area contributed by atoms with Crippen molar-refractivity contribution in [3.8, 4) is 0 Å². The summed E-state index contributed by atoms with van der Waals surface area (Å²) in [5, 5.41) is 8.57. The lowest BCUT2D eigenvalue weighted by molar-refractivity contribution is -0.144. The van der Waals surface area contributed by atoms with Gasteiger partial charge in [0.15, 0.2) is 5.82 Å². The number of aromatic nitrogens is 3. The fourth-order valence-electron chi connectivity index (χ4n) is 2.00. The molecule has 1 atom stereocenters. The standard InChI is InChI=1S/C14H16ClN3O2/c1-3-18-9-16-17-13(18)12(14(19)20-4-2)10-5-7-11(15)8-6-10/h5-9,12H,3-4H2,1-2H3. The number of hydrogen-bond donors (Lipinski definition) is 0. The highest BCUT2D eigenvalue weighted by atomic mass is 35.5. The zero-order valence-corrected chi connectivity index (χ0v) is 12.2. The van der Waals surface area contributed by atoms with Crippen LogP contribution in [-0.4, -0.2) is 27.3 Å². The van der Waals surface area contributed by atoms with E-state index in [1.54, 1.807) is 37.5 Å². The van der Waals surface area contributed by atoms with Gasteiger partial charge in [0, 0.05) is 11.6 Å². The Kier molecular flexibility index (Phi) is 4.74. The quantitative estimate of drug-likeness (QED) is 0.795. The topological polar surface area (TPSA) is 57.0 Å². The van der Waals surface area contributed by atoms with E-state index in [0.717, 1.165) is 5.56 Å². The van der Waals surface area contributed by atoms with Gasteiger partial charge >= 0.3 is 5.97 Å². The average Bonchev–Trinajstić information content (AvgIpc) is 2.90. The molecule has 1 aromatic heterocycles. The summed E-state index contributed by atoms with van der Waals surface area (Å²) in [7, 11) is 0. The monoisotopic (exact) mass is 293 g/mol. The fraction of sp³-hybridized carbons (Fsp3) is 0.357. The molecule has 1 unspecified atom stereocenters. The van der Waals surface area contributed by atoms with Crippen LogP contribution in [0.15, 0.2) is 30.6 Å². The molecule has 0 aliphatic carbocycles. The molecule has 0 bridgehead atoms. The van der Waals surface area contributed by atoms with Crippen molar-refractivity contribution in [1.29, 1.82) is 0 Å². The van der Waals surface area contributed by atoms with Crippen molar-refractivity contribution >= 4 is 17.6 Å². The fourth-order valence-corrected chi connectivity index (χ4v) is 2.13. The van der Waals surface area contributed by atoms with Crippen LogP contribution in [0.5, 0.6) is 0 Å². The van der Waals surface area contributed by atoms with Gasteiger partial charge < -0.3 is 9.30 Å². The first-order valence-corrected chi connectivity index (χ1v) is 6.85. The molecule has 106 valence electrons. The van der Waals surface area contributed by atoms with Crippen LogP contribution in [0.25, 0.3) is 0 Å². The normalized spacial score (nSPS) is 12.2. The molecular formula is C14H16ClN3O2. The Morgan fingerprint density at radius 3 is 2.65 bits per heavy atom. The van der Waals surface area contributed by atoms with Crippen molar-refractivity contribution in [2.24, 2.45) is 0 Å². The lowest BCUT2D eigenvalue weighted by Gasteiger charge is -2.16. The second-order valence-corrected chi connectivity index (χ2v) is 4.65. The second-order valence-electron chi connectivity index (χ2n) is 4.21. The molecule has 0 aliphatic rings. The summed E-state index contributed by atoms with van der Waals surface area (Å²) in [6.07, 6.45) is 1.61. The van der Waals surface area contributed by atoms with Crippen molar-refractivity contribution < 1.29 is 9.53 Å². The number of nitrogens with zero attached hydrogens (tertiary/aromatic N) is 3. The molecule has 0 N–H and O–H groups in total. The molecule has 2 aromatic rings. The third-order valence-corrected chi connectivity index (χ3v) is 3.22. The number of benzene rings is 1. The zero-order chi connectivity index (χ0) is 14.5. The third-order valence-electron chi connectivity index (χ3n) is 2.97. The maximum Gasteiger partial charge on any atom is 0.321 e. The summed E-state index contributed by atoms with van der Waals surface area (Å²) >= 11 is 5.89. The first kappa shape index (κ1) is 14.5. The van der Waals surface area contributed by atoms with Crippen molar-refractivity contribution in [3.63, 3.8) is 0 Å². The minimum absolute atomic E-state index is 0.323. The number of halogens is 1. The van der Waals surface area contributed by atoms with Crippen molar-refractivity contribution in [3.05, 3.63) is 47.0 Å². The highest BCUT2D eigenvalue weighted by molar-refractivity contribution is 6.30. The van der Waals surface area contributed by atoms with E-state index in [1.165, 1.54) is 0 Å². The number of rotatable bonds is 5. The van der Waals surface area contributed by atoms with E-state index in [0.29, 0.717) is 24.0 Å². The zero-order valence-electron chi connectivity index (χ0n) is 11.4. The highest BCUT2D eigenvalue weighted by Gasteiger charge is 2.28. The van der Waals surface area contributed by atoms with Gasteiger partial charge in [-0.05, 0) is 31.5 Å². The van der Waals surface area contributed by atoms with Gasteiger partial charge in [0.2, 0.25) is 0 Å². The molecule has 1 heterocycles. The molecule has 0 saturated heterocycles. The van der Waals surface area contributed by atoms with Crippen LogP contribution >= 0.6 is 11.6 Å². The molecule has 1 aromatic carbocycles. The van der Waals surface area contributed by atoms with Crippen molar-refractivity contribution in [1.82, 2.24) is 14.8 Å². The smallest absolute Gasteiger partial charge is 0.321 e. The molecule has 5 nitrogen and oxygen atoms in total. The average molecular weight is 294 g/mol. The van der Waals surface area contributed by atoms with Gasteiger partial charge in [0.25, 0.3) is 0 Å². The lowest BCUT2D eigenvalue weighted by atomic mass is 9.98. The van der Waals surface area contributed by atoms with E-state index in [4.69, 9.17) is 16.3 Å². The molecule has 0 radical (unpaired) electrons. The van der Waals surface area contributed by atoms with Crippen LogP contribution in [0.3, 0.4) is 0 Å². The summed E-state index contributed by atoms with van der Waals surface area (Å²) in [4.78, 5) is 12.3. The maximum absolute atomic E-state index is 12.3. The number of ether oxygens (including phenoxy) is 1. The Morgan fingerprint density at radius 1 is 1.35 bits per heavy atom. The van der Waals surface area contributed by atoms with E-state index in [9.17, 15) is 4.79 Å². The van der Waals surface area contributed by atoms with Crippen LogP contribution < -0.4 is 0 Å². The summed E-state index contributed by atoms with van der Waals surface area (Å²) < 4.78 is 6.99. The molecule has 2 rings (SSSR count). The van der Waals surface area contributed by atoms with Crippen molar-refractivity contribution in [2.45, 2.75) is 26.3 Å². The van der Waals surface area contributed by atoms with E-state index < -0.39 is 5.92 Å². The maximum atomic E-state index is 12.3. The second kappa shape index (κ2) is 6.52. The Balaban J connectivity index is 2.44. The van der Waals surface area contributed by atoms with Gasteiger partial charge in [-0.25, -0.2) is 0 Å². The predicted molar refractivity (Wildman–Crippen MR) is 75.6 cm³/mol. The Bertz CT molecular complexity index is 580. The number of carbonyl (C=O) groups is 1. The van der Waals surface area contributed by atoms with E-state index in [-0.39, 0.29) is 5.97 Å². The van der Waals surface area contributed by atoms with Crippen LogP contribution in [0.4, 0.5) is 0 Å². The minimum atomic E-state index is -0.588. The molecule has 20 heavy (non-hydrogen) atoms. The SMILES string of the molecule is CCOC(=O)C(c1ccc(Cl)cc1)c1nncn1CC. The molecule has 6 heteroatoms. The first-order chi connectivity index (χ1) is 9.67. The Morgan fingerprint density at radius 2 is 2.05 bits per heavy atom. The van der Waals surface area contributed by atoms with Crippen LogP contribution in [0, 0.1) is 0 Å². The van der Waals surface area contributed by atoms with Crippen LogP contribution in [-0.2, 0) is 16.1 Å². The van der Waals surface area contributed by atoms with Crippen LogP contribution in [0.1, 0.15) is 31.2 Å². The Hall–Kier alpha value is -1.88. The summed E-state index contributed by atoms with van der Waals surface area (Å²) in [5.74, 6) is -0.347. The first-order valence-electron chi connectivity index (χ1n) is 6.47. The molecule has 0 saturated carbocycles. The van der Waals surface area contributed by atoms with Crippen molar-refractivity contribution in [2.75, 3.05) is 6.61 Å². The van der Waals surface area contributed by atoms with Gasteiger partial charge in [-0.15, -0.1) is 10.2 Å². The van der Waals surface area contributed by atoms with Gasteiger partial charge in [0.1, 0.15) is 12.2 Å². The molecule has 0 spiro atoms. The molecule has 0 amide bonds.